The zero-order valence-electron chi connectivity index (χ0n) is 17.5. The van der Waals surface area contributed by atoms with Crippen LogP contribution >= 0.6 is 0 Å². The van der Waals surface area contributed by atoms with Gasteiger partial charge in [-0.05, 0) is 30.2 Å². The highest BCUT2D eigenvalue weighted by Gasteiger charge is 2.42. The van der Waals surface area contributed by atoms with Crippen molar-refractivity contribution < 1.29 is 14.2 Å². The second-order valence-electron chi connectivity index (χ2n) is 8.07. The molecule has 3 aromatic carbocycles. The Labute approximate surface area is 182 Å². The zero-order chi connectivity index (χ0) is 21.1. The second-order valence-corrected chi connectivity index (χ2v) is 8.07. The van der Waals surface area contributed by atoms with Gasteiger partial charge in [-0.2, -0.15) is 0 Å². The van der Waals surface area contributed by atoms with Crippen molar-refractivity contribution >= 4 is 5.84 Å². The van der Waals surface area contributed by atoms with E-state index in [0.29, 0.717) is 19.8 Å². The first kappa shape index (κ1) is 19.6. The van der Waals surface area contributed by atoms with Crippen LogP contribution < -0.4 is 14.8 Å². The zero-order valence-corrected chi connectivity index (χ0v) is 17.5. The van der Waals surface area contributed by atoms with Crippen LogP contribution in [-0.4, -0.2) is 31.8 Å². The van der Waals surface area contributed by atoms with E-state index in [4.69, 9.17) is 19.2 Å². The number of hydrogen-bond acceptors (Lipinski definition) is 5. The molecule has 1 N–H and O–H groups in total. The minimum absolute atomic E-state index is 0.0378. The predicted molar refractivity (Wildman–Crippen MR) is 121 cm³/mol. The molecule has 0 saturated carbocycles. The monoisotopic (exact) mass is 414 g/mol. The molecule has 5 rings (SSSR count). The molecule has 2 aliphatic rings. The van der Waals surface area contributed by atoms with Gasteiger partial charge in [-0.3, -0.25) is 4.99 Å². The van der Waals surface area contributed by atoms with Gasteiger partial charge in [0, 0.05) is 0 Å². The van der Waals surface area contributed by atoms with E-state index in [0.717, 1.165) is 17.3 Å². The minimum Gasteiger partial charge on any atom is -0.486 e. The Morgan fingerprint density at radius 1 is 0.935 bits per heavy atom. The molecule has 0 saturated heterocycles. The molecule has 2 aliphatic heterocycles. The highest BCUT2D eigenvalue weighted by Crippen LogP contribution is 2.42. The van der Waals surface area contributed by atoms with E-state index in [9.17, 15) is 0 Å². The van der Waals surface area contributed by atoms with Gasteiger partial charge in [0.1, 0.15) is 24.6 Å². The summed E-state index contributed by atoms with van der Waals surface area (Å²) in [6.45, 7) is 3.49. The topological polar surface area (TPSA) is 52.1 Å². The maximum absolute atomic E-state index is 5.99. The molecule has 5 nitrogen and oxygen atoms in total. The molecular weight excluding hydrogens is 388 g/mol. The van der Waals surface area contributed by atoms with Gasteiger partial charge < -0.3 is 19.5 Å². The van der Waals surface area contributed by atoms with Crippen molar-refractivity contribution in [2.45, 2.75) is 24.6 Å². The van der Waals surface area contributed by atoms with Crippen LogP contribution in [0.15, 0.2) is 89.9 Å². The Balaban J connectivity index is 1.28. The molecule has 0 amide bonds. The third kappa shape index (κ3) is 4.01. The molecule has 0 fully saturated rings. The first-order chi connectivity index (χ1) is 15.2. The van der Waals surface area contributed by atoms with Crippen molar-refractivity contribution in [1.82, 2.24) is 5.32 Å². The van der Waals surface area contributed by atoms with Gasteiger partial charge in [0.15, 0.2) is 17.6 Å². The predicted octanol–water partition coefficient (Wildman–Crippen LogP) is 4.50. The number of nitrogens with zero attached hydrogens (tertiary/aromatic N) is 1. The Hall–Kier alpha value is -3.31. The standard InChI is InChI=1S/C26H26N2O3/c1-26(20-12-6-3-7-13-20)25(19-10-4-2-5-11-19)27-24(28-26)18-29-16-21-17-30-22-14-8-9-15-23(22)31-21/h2-15,21,25H,16-18H2,1H3,(H,27,28)/t21?,25-,26+/m1/s1. The van der Waals surface area contributed by atoms with E-state index in [1.807, 2.05) is 36.4 Å². The second kappa shape index (κ2) is 8.44. The van der Waals surface area contributed by atoms with E-state index >= 15 is 0 Å². The molecule has 31 heavy (non-hydrogen) atoms. The number of hydrogen-bond donors (Lipinski definition) is 1. The lowest BCUT2D eigenvalue weighted by atomic mass is 9.82. The van der Waals surface area contributed by atoms with Crippen molar-refractivity contribution in [2.75, 3.05) is 19.8 Å². The van der Waals surface area contributed by atoms with E-state index < -0.39 is 5.54 Å². The molecule has 3 aromatic rings. The molecule has 158 valence electrons. The summed E-state index contributed by atoms with van der Waals surface area (Å²) < 4.78 is 17.7. The third-order valence-electron chi connectivity index (χ3n) is 5.84. The number of para-hydroxylation sites is 2. The molecule has 0 spiro atoms. The maximum Gasteiger partial charge on any atom is 0.161 e. The largest absolute Gasteiger partial charge is 0.486 e. The summed E-state index contributed by atoms with van der Waals surface area (Å²) in [5.41, 5.74) is 1.96. The number of amidine groups is 1. The third-order valence-corrected chi connectivity index (χ3v) is 5.84. The van der Waals surface area contributed by atoms with Gasteiger partial charge >= 0.3 is 0 Å². The Morgan fingerprint density at radius 2 is 1.61 bits per heavy atom. The fourth-order valence-corrected chi connectivity index (χ4v) is 4.25. The van der Waals surface area contributed by atoms with Crippen LogP contribution in [0.1, 0.15) is 24.1 Å². The van der Waals surface area contributed by atoms with Crippen LogP contribution in [0.2, 0.25) is 0 Å². The SMILES string of the molecule is C[C@@]1(c2ccccc2)N=C(COCC2COc3ccccc3O2)N[C@@H]1c1ccccc1. The smallest absolute Gasteiger partial charge is 0.161 e. The van der Waals surface area contributed by atoms with Crippen LogP contribution in [-0.2, 0) is 10.3 Å². The van der Waals surface area contributed by atoms with Crippen LogP contribution in [0.3, 0.4) is 0 Å². The van der Waals surface area contributed by atoms with Gasteiger partial charge in [-0.25, -0.2) is 0 Å². The van der Waals surface area contributed by atoms with Gasteiger partial charge in [0.2, 0.25) is 0 Å². The van der Waals surface area contributed by atoms with E-state index in [1.54, 1.807) is 0 Å². The molecule has 3 atom stereocenters. The number of fused-ring (bicyclic) bond motifs is 1. The summed E-state index contributed by atoms with van der Waals surface area (Å²) in [5.74, 6) is 2.39. The van der Waals surface area contributed by atoms with Crippen LogP contribution in [0, 0.1) is 0 Å². The molecular formula is C26H26N2O3. The number of benzene rings is 3. The van der Waals surface area contributed by atoms with Crippen molar-refractivity contribution in [3.63, 3.8) is 0 Å². The van der Waals surface area contributed by atoms with Gasteiger partial charge in [-0.1, -0.05) is 72.8 Å². The highest BCUT2D eigenvalue weighted by atomic mass is 16.6. The molecule has 2 heterocycles. The maximum atomic E-state index is 5.99. The molecule has 0 aliphatic carbocycles. The summed E-state index contributed by atoms with van der Waals surface area (Å²) in [5, 5.41) is 3.60. The van der Waals surface area contributed by atoms with Crippen molar-refractivity contribution in [3.05, 3.63) is 96.1 Å². The first-order valence-electron chi connectivity index (χ1n) is 10.6. The summed E-state index contributed by atoms with van der Waals surface area (Å²) >= 11 is 0. The minimum atomic E-state index is -0.412. The molecule has 5 heteroatoms. The fourth-order valence-electron chi connectivity index (χ4n) is 4.25. The highest BCUT2D eigenvalue weighted by molar-refractivity contribution is 5.86. The average Bonchev–Trinajstić information content (AvgIpc) is 3.17. The fraction of sp³-hybridized carbons (Fsp3) is 0.269. The Bertz CT molecular complexity index is 1050. The Morgan fingerprint density at radius 3 is 2.39 bits per heavy atom. The van der Waals surface area contributed by atoms with Crippen LogP contribution in [0.25, 0.3) is 0 Å². The van der Waals surface area contributed by atoms with E-state index in [2.05, 4.69) is 60.8 Å². The summed E-state index contributed by atoms with van der Waals surface area (Å²) in [4.78, 5) is 5.08. The molecule has 0 aromatic heterocycles. The average molecular weight is 415 g/mol. The van der Waals surface area contributed by atoms with Crippen molar-refractivity contribution in [3.8, 4) is 11.5 Å². The van der Waals surface area contributed by atoms with E-state index in [-0.39, 0.29) is 12.1 Å². The number of aliphatic imine (C=N–C) groups is 1. The molecule has 0 bridgehead atoms. The number of nitrogens with one attached hydrogen (secondary N) is 1. The first-order valence-corrected chi connectivity index (χ1v) is 10.6. The number of rotatable bonds is 6. The lowest BCUT2D eigenvalue weighted by molar-refractivity contribution is 0.0195. The summed E-state index contributed by atoms with van der Waals surface area (Å²) in [6.07, 6.45) is -0.137. The van der Waals surface area contributed by atoms with Gasteiger partial charge in [-0.15, -0.1) is 0 Å². The van der Waals surface area contributed by atoms with Crippen LogP contribution in [0.5, 0.6) is 11.5 Å². The molecule has 0 radical (unpaired) electrons. The van der Waals surface area contributed by atoms with E-state index in [1.165, 1.54) is 11.1 Å². The Kier molecular flexibility index (Phi) is 5.35. The van der Waals surface area contributed by atoms with Gasteiger partial charge in [0.05, 0.1) is 12.6 Å². The lowest BCUT2D eigenvalue weighted by Crippen LogP contribution is -2.36. The van der Waals surface area contributed by atoms with Crippen molar-refractivity contribution in [2.24, 2.45) is 4.99 Å². The van der Waals surface area contributed by atoms with Gasteiger partial charge in [0.25, 0.3) is 0 Å². The normalized spacial score (nSPS) is 24.4. The quantitative estimate of drug-likeness (QED) is 0.645. The summed E-state index contributed by atoms with van der Waals surface area (Å²) in [7, 11) is 0. The molecule has 1 unspecified atom stereocenters. The van der Waals surface area contributed by atoms with Crippen LogP contribution in [0.4, 0.5) is 0 Å². The summed E-state index contributed by atoms with van der Waals surface area (Å²) in [6, 6.07) is 28.6. The van der Waals surface area contributed by atoms with Crippen molar-refractivity contribution in [1.29, 1.82) is 0 Å². The lowest BCUT2D eigenvalue weighted by Gasteiger charge is -2.30. The number of ether oxygens (including phenoxy) is 3.